The number of rotatable bonds is 3. The van der Waals surface area contributed by atoms with Crippen LogP contribution in [0.15, 0.2) is 6.33 Å². The average molecular weight is 245 g/mol. The van der Waals surface area contributed by atoms with Gasteiger partial charge in [-0.2, -0.15) is 22.8 Å². The molecule has 90 valence electrons. The van der Waals surface area contributed by atoms with E-state index in [1.807, 2.05) is 0 Å². The number of anilines is 1. The van der Waals surface area contributed by atoms with Crippen molar-refractivity contribution in [1.82, 2.24) is 19.5 Å². The van der Waals surface area contributed by atoms with Crippen molar-refractivity contribution in [3.05, 3.63) is 6.33 Å². The van der Waals surface area contributed by atoms with Crippen LogP contribution in [0.1, 0.15) is 25.7 Å². The number of H-pyrrole nitrogens is 1. The summed E-state index contributed by atoms with van der Waals surface area (Å²) in [5, 5.41) is 6.06. The Labute approximate surface area is 94.4 Å². The van der Waals surface area contributed by atoms with Crippen LogP contribution in [0.2, 0.25) is 0 Å². The van der Waals surface area contributed by atoms with E-state index in [2.05, 4.69) is 19.9 Å². The molecule has 0 bridgehead atoms. The summed E-state index contributed by atoms with van der Waals surface area (Å²) >= 11 is 0. The maximum absolute atomic E-state index is 11.9. The molecule has 1 aliphatic heterocycles. The molecule has 1 fully saturated rings. The summed E-state index contributed by atoms with van der Waals surface area (Å²) in [6.45, 7) is 1.15. The lowest BCUT2D eigenvalue weighted by Gasteiger charge is -2.19. The standard InChI is InChI=1S/C8H15N5O2S/c14-16(15,12-8-9-7-10-11-8)13-5-3-1-2-4-6-13/h7H,1-6H2,(H2,9,10,11,12). The molecule has 2 rings (SSSR count). The molecule has 2 N–H and O–H groups in total. The van der Waals surface area contributed by atoms with Gasteiger partial charge < -0.3 is 0 Å². The van der Waals surface area contributed by atoms with Crippen molar-refractivity contribution in [2.75, 3.05) is 17.8 Å². The van der Waals surface area contributed by atoms with Crippen molar-refractivity contribution in [2.24, 2.45) is 0 Å². The van der Waals surface area contributed by atoms with E-state index < -0.39 is 10.2 Å². The Morgan fingerprint density at radius 1 is 1.25 bits per heavy atom. The molecular formula is C8H15N5O2S. The van der Waals surface area contributed by atoms with Gasteiger partial charge in [-0.25, -0.2) is 9.82 Å². The number of aromatic amines is 1. The Hall–Kier alpha value is -1.15. The van der Waals surface area contributed by atoms with Gasteiger partial charge >= 0.3 is 10.2 Å². The van der Waals surface area contributed by atoms with E-state index in [1.165, 1.54) is 10.6 Å². The fraction of sp³-hybridized carbons (Fsp3) is 0.750. The van der Waals surface area contributed by atoms with Gasteiger partial charge in [0.15, 0.2) is 0 Å². The molecule has 0 radical (unpaired) electrons. The molecule has 1 saturated heterocycles. The summed E-state index contributed by atoms with van der Waals surface area (Å²) in [6, 6.07) is 0. The van der Waals surface area contributed by atoms with Crippen molar-refractivity contribution in [2.45, 2.75) is 25.7 Å². The van der Waals surface area contributed by atoms with Gasteiger partial charge in [0.2, 0.25) is 5.95 Å². The molecule has 0 amide bonds. The van der Waals surface area contributed by atoms with Crippen LogP contribution in [0.4, 0.5) is 5.95 Å². The molecule has 0 spiro atoms. The van der Waals surface area contributed by atoms with Crippen LogP contribution >= 0.6 is 0 Å². The third kappa shape index (κ3) is 2.70. The maximum Gasteiger partial charge on any atom is 0.303 e. The van der Waals surface area contributed by atoms with Gasteiger partial charge in [-0.15, -0.1) is 0 Å². The Morgan fingerprint density at radius 2 is 1.94 bits per heavy atom. The quantitative estimate of drug-likeness (QED) is 0.803. The van der Waals surface area contributed by atoms with E-state index in [1.54, 1.807) is 0 Å². The largest absolute Gasteiger partial charge is 0.303 e. The van der Waals surface area contributed by atoms with Crippen LogP contribution in [-0.4, -0.2) is 41.0 Å². The van der Waals surface area contributed by atoms with Crippen molar-refractivity contribution in [3.63, 3.8) is 0 Å². The molecule has 8 heteroatoms. The molecule has 0 aliphatic carbocycles. The van der Waals surface area contributed by atoms with E-state index in [0.717, 1.165) is 25.7 Å². The molecule has 0 unspecified atom stereocenters. The normalized spacial score (nSPS) is 19.2. The maximum atomic E-state index is 11.9. The van der Waals surface area contributed by atoms with E-state index in [-0.39, 0.29) is 5.95 Å². The zero-order chi connectivity index (χ0) is 11.4. The summed E-state index contributed by atoms with van der Waals surface area (Å²) in [6.07, 6.45) is 5.28. The molecule has 1 aromatic heterocycles. The lowest BCUT2D eigenvalue weighted by atomic mass is 10.2. The topological polar surface area (TPSA) is 91.0 Å². The monoisotopic (exact) mass is 245 g/mol. The minimum atomic E-state index is -3.48. The molecule has 0 saturated carbocycles. The summed E-state index contributed by atoms with van der Waals surface area (Å²) in [4.78, 5) is 3.74. The average Bonchev–Trinajstić information content (AvgIpc) is 2.56. The molecule has 16 heavy (non-hydrogen) atoms. The molecule has 0 atom stereocenters. The summed E-state index contributed by atoms with van der Waals surface area (Å²) in [5.74, 6) is 0.157. The Kier molecular flexibility index (Phi) is 3.39. The van der Waals surface area contributed by atoms with Crippen LogP contribution in [0.5, 0.6) is 0 Å². The van der Waals surface area contributed by atoms with Crippen LogP contribution in [0.3, 0.4) is 0 Å². The Morgan fingerprint density at radius 3 is 2.50 bits per heavy atom. The van der Waals surface area contributed by atoms with Gasteiger partial charge in [0, 0.05) is 13.1 Å². The van der Waals surface area contributed by atoms with Crippen LogP contribution in [0, 0.1) is 0 Å². The highest BCUT2D eigenvalue weighted by Gasteiger charge is 2.23. The second-order valence-electron chi connectivity index (χ2n) is 3.75. The lowest BCUT2D eigenvalue weighted by Crippen LogP contribution is -2.36. The second-order valence-corrected chi connectivity index (χ2v) is 5.43. The van der Waals surface area contributed by atoms with E-state index in [9.17, 15) is 8.42 Å². The first kappa shape index (κ1) is 11.3. The molecule has 7 nitrogen and oxygen atoms in total. The zero-order valence-corrected chi connectivity index (χ0v) is 9.70. The third-order valence-electron chi connectivity index (χ3n) is 2.55. The van der Waals surface area contributed by atoms with Crippen LogP contribution in [0.25, 0.3) is 0 Å². The van der Waals surface area contributed by atoms with Gasteiger partial charge in [0.05, 0.1) is 0 Å². The fourth-order valence-electron chi connectivity index (χ4n) is 1.72. The molecule has 0 aromatic carbocycles. The van der Waals surface area contributed by atoms with E-state index in [4.69, 9.17) is 0 Å². The molecule has 1 aromatic rings. The summed E-state index contributed by atoms with van der Waals surface area (Å²) in [5.41, 5.74) is 0. The fourth-order valence-corrected chi connectivity index (χ4v) is 2.93. The highest BCUT2D eigenvalue weighted by molar-refractivity contribution is 7.90. The van der Waals surface area contributed by atoms with Gasteiger partial charge in [0.25, 0.3) is 0 Å². The molecular weight excluding hydrogens is 230 g/mol. The van der Waals surface area contributed by atoms with E-state index >= 15 is 0 Å². The number of hydrogen-bond acceptors (Lipinski definition) is 4. The summed E-state index contributed by atoms with van der Waals surface area (Å²) < 4.78 is 27.7. The van der Waals surface area contributed by atoms with Crippen LogP contribution < -0.4 is 4.72 Å². The minimum Gasteiger partial charge on any atom is -0.245 e. The Balaban J connectivity index is 2.05. The van der Waals surface area contributed by atoms with Crippen molar-refractivity contribution >= 4 is 16.2 Å². The van der Waals surface area contributed by atoms with Crippen molar-refractivity contribution < 1.29 is 8.42 Å². The Bertz CT molecular complexity index is 408. The third-order valence-corrected chi connectivity index (χ3v) is 4.04. The molecule has 1 aliphatic rings. The number of aromatic nitrogens is 3. The smallest absolute Gasteiger partial charge is 0.245 e. The van der Waals surface area contributed by atoms with Crippen molar-refractivity contribution in [1.29, 1.82) is 0 Å². The number of hydrogen-bond donors (Lipinski definition) is 2. The number of nitrogens with one attached hydrogen (secondary N) is 2. The SMILES string of the molecule is O=S(=O)(Nc1ncn[nH]1)N1CCCCCC1. The second kappa shape index (κ2) is 4.79. The first-order chi connectivity index (χ1) is 7.68. The highest BCUT2D eigenvalue weighted by atomic mass is 32.2. The lowest BCUT2D eigenvalue weighted by molar-refractivity contribution is 0.427. The minimum absolute atomic E-state index is 0.157. The van der Waals surface area contributed by atoms with Crippen LogP contribution in [-0.2, 0) is 10.2 Å². The highest BCUT2D eigenvalue weighted by Crippen LogP contribution is 2.14. The zero-order valence-electron chi connectivity index (χ0n) is 8.89. The van der Waals surface area contributed by atoms with Gasteiger partial charge in [-0.05, 0) is 12.8 Å². The predicted molar refractivity (Wildman–Crippen MR) is 59.0 cm³/mol. The molecule has 2 heterocycles. The van der Waals surface area contributed by atoms with E-state index in [0.29, 0.717) is 13.1 Å². The first-order valence-electron chi connectivity index (χ1n) is 5.32. The van der Waals surface area contributed by atoms with Gasteiger partial charge in [0.1, 0.15) is 6.33 Å². The van der Waals surface area contributed by atoms with Gasteiger partial charge in [-0.1, -0.05) is 12.8 Å². The van der Waals surface area contributed by atoms with Gasteiger partial charge in [-0.3, -0.25) is 0 Å². The van der Waals surface area contributed by atoms with Crippen molar-refractivity contribution in [3.8, 4) is 0 Å². The number of nitrogens with zero attached hydrogens (tertiary/aromatic N) is 3. The predicted octanol–water partition coefficient (Wildman–Crippen LogP) is 0.337. The first-order valence-corrected chi connectivity index (χ1v) is 6.76. The summed E-state index contributed by atoms with van der Waals surface area (Å²) in [7, 11) is -3.48.